The number of rotatable bonds is 4. The molecule has 1 aliphatic heterocycles. The molecule has 0 aliphatic carbocycles. The first kappa shape index (κ1) is 16.6. The Labute approximate surface area is 131 Å². The smallest absolute Gasteiger partial charge is 0.355 e. The van der Waals surface area contributed by atoms with Crippen molar-refractivity contribution in [3.05, 3.63) is 40.8 Å². The van der Waals surface area contributed by atoms with Gasteiger partial charge in [-0.3, -0.25) is 4.79 Å². The van der Waals surface area contributed by atoms with Gasteiger partial charge in [0.2, 0.25) is 0 Å². The summed E-state index contributed by atoms with van der Waals surface area (Å²) in [6.45, 7) is -0.261. The van der Waals surface area contributed by atoms with Crippen molar-refractivity contribution in [3.8, 4) is 0 Å². The number of halogens is 1. The maximum absolute atomic E-state index is 13.3. The van der Waals surface area contributed by atoms with Crippen LogP contribution in [0.5, 0.6) is 0 Å². The zero-order valence-corrected chi connectivity index (χ0v) is 12.5. The van der Waals surface area contributed by atoms with Gasteiger partial charge in [-0.05, 0) is 18.2 Å². The minimum absolute atomic E-state index is 0.00104. The molecule has 2 rings (SSSR count). The van der Waals surface area contributed by atoms with Crippen LogP contribution < -0.4 is 4.90 Å². The van der Waals surface area contributed by atoms with E-state index in [1.807, 2.05) is 0 Å². The molecule has 23 heavy (non-hydrogen) atoms. The fourth-order valence-electron chi connectivity index (χ4n) is 2.20. The molecule has 1 aromatic rings. The van der Waals surface area contributed by atoms with E-state index in [1.54, 1.807) is 0 Å². The predicted molar refractivity (Wildman–Crippen MR) is 76.1 cm³/mol. The maximum atomic E-state index is 13.3. The zero-order chi connectivity index (χ0) is 17.0. The van der Waals surface area contributed by atoms with E-state index in [2.05, 4.69) is 4.74 Å². The molecule has 1 heterocycles. The van der Waals surface area contributed by atoms with Crippen LogP contribution in [-0.4, -0.2) is 45.8 Å². The number of benzene rings is 1. The van der Waals surface area contributed by atoms with Crippen LogP contribution in [-0.2, 0) is 23.8 Å². The average Bonchev–Trinajstić information content (AvgIpc) is 2.59. The van der Waals surface area contributed by atoms with Crippen molar-refractivity contribution in [2.24, 2.45) is 0 Å². The Hall–Kier alpha value is -2.74. The van der Waals surface area contributed by atoms with E-state index in [1.165, 1.54) is 11.0 Å². The molecule has 0 saturated carbocycles. The normalized spacial score (nSPS) is 14.5. The van der Waals surface area contributed by atoms with Crippen molar-refractivity contribution in [2.75, 3.05) is 32.5 Å². The van der Waals surface area contributed by atoms with E-state index in [9.17, 15) is 18.8 Å². The van der Waals surface area contributed by atoms with Gasteiger partial charge in [0, 0.05) is 5.56 Å². The van der Waals surface area contributed by atoms with Crippen molar-refractivity contribution in [1.29, 1.82) is 0 Å². The summed E-state index contributed by atoms with van der Waals surface area (Å²) in [5, 5.41) is 0. The highest BCUT2D eigenvalue weighted by Crippen LogP contribution is 2.29. The molecular formula is C15H14FNO6. The molecule has 0 fully saturated rings. The molecule has 0 spiro atoms. The molecular weight excluding hydrogens is 309 g/mol. The van der Waals surface area contributed by atoms with Gasteiger partial charge in [0.25, 0.3) is 0 Å². The van der Waals surface area contributed by atoms with E-state index in [0.717, 1.165) is 26.4 Å². The number of ether oxygens (including phenoxy) is 3. The summed E-state index contributed by atoms with van der Waals surface area (Å²) in [5.41, 5.74) is 0.0519. The fraction of sp³-hybridized carbons (Fsp3) is 0.267. The van der Waals surface area contributed by atoms with Crippen LogP contribution in [0.4, 0.5) is 10.1 Å². The van der Waals surface area contributed by atoms with Crippen LogP contribution in [0.2, 0.25) is 0 Å². The number of aldehydes is 1. The number of hydrogen-bond donors (Lipinski definition) is 0. The average molecular weight is 323 g/mol. The zero-order valence-electron chi connectivity index (χ0n) is 12.5. The standard InChI is InChI=1S/C15H14FNO6/c1-21-14(19)11-7-23-8-17(13(11)15(20)22-2)12-4-3-10(16)5-9(12)6-18/h3-6H,7-8H2,1-2H3. The van der Waals surface area contributed by atoms with Crippen molar-refractivity contribution < 1.29 is 33.0 Å². The summed E-state index contributed by atoms with van der Waals surface area (Å²) >= 11 is 0. The highest BCUT2D eigenvalue weighted by atomic mass is 19.1. The quantitative estimate of drug-likeness (QED) is 0.604. The van der Waals surface area contributed by atoms with Gasteiger partial charge in [-0.1, -0.05) is 0 Å². The molecule has 0 unspecified atom stereocenters. The van der Waals surface area contributed by atoms with E-state index >= 15 is 0 Å². The Kier molecular flexibility index (Phi) is 5.07. The monoisotopic (exact) mass is 323 g/mol. The molecule has 0 aromatic heterocycles. The highest BCUT2D eigenvalue weighted by Gasteiger charge is 2.33. The second-order valence-electron chi connectivity index (χ2n) is 4.54. The number of carbonyl (C=O) groups is 3. The largest absolute Gasteiger partial charge is 0.466 e. The molecule has 0 N–H and O–H groups in total. The van der Waals surface area contributed by atoms with E-state index < -0.39 is 17.8 Å². The van der Waals surface area contributed by atoms with Gasteiger partial charge in [-0.2, -0.15) is 0 Å². The second kappa shape index (κ2) is 7.01. The van der Waals surface area contributed by atoms with Crippen LogP contribution in [0.15, 0.2) is 29.5 Å². The minimum atomic E-state index is -0.796. The fourth-order valence-corrected chi connectivity index (χ4v) is 2.20. The van der Waals surface area contributed by atoms with Gasteiger partial charge < -0.3 is 19.1 Å². The molecule has 0 radical (unpaired) electrons. The van der Waals surface area contributed by atoms with Gasteiger partial charge in [0.05, 0.1) is 32.1 Å². The minimum Gasteiger partial charge on any atom is -0.466 e. The Morgan fingerprint density at radius 2 is 1.96 bits per heavy atom. The number of anilines is 1. The highest BCUT2D eigenvalue weighted by molar-refractivity contribution is 6.04. The lowest BCUT2D eigenvalue weighted by atomic mass is 10.1. The molecule has 1 aromatic carbocycles. The van der Waals surface area contributed by atoms with Crippen molar-refractivity contribution in [3.63, 3.8) is 0 Å². The van der Waals surface area contributed by atoms with Crippen LogP contribution in [0, 0.1) is 5.82 Å². The topological polar surface area (TPSA) is 82.1 Å². The Bertz CT molecular complexity index is 685. The summed E-state index contributed by atoms with van der Waals surface area (Å²) in [6, 6.07) is 3.46. The summed E-state index contributed by atoms with van der Waals surface area (Å²) in [7, 11) is 2.32. The first-order chi connectivity index (χ1) is 11.0. The van der Waals surface area contributed by atoms with Gasteiger partial charge in [-0.15, -0.1) is 0 Å². The third-order valence-electron chi connectivity index (χ3n) is 3.24. The molecule has 7 nitrogen and oxygen atoms in total. The van der Waals surface area contributed by atoms with Crippen LogP contribution >= 0.6 is 0 Å². The SMILES string of the molecule is COC(=O)C1=C(C(=O)OC)N(c2ccc(F)cc2C=O)COC1. The number of hydrogen-bond acceptors (Lipinski definition) is 7. The third-order valence-corrected chi connectivity index (χ3v) is 3.24. The number of carbonyl (C=O) groups excluding carboxylic acids is 3. The summed E-state index contributed by atoms with van der Waals surface area (Å²) in [5.74, 6) is -2.16. The predicted octanol–water partition coefficient (Wildman–Crippen LogP) is 1.03. The summed E-state index contributed by atoms with van der Waals surface area (Å²) in [4.78, 5) is 36.4. The van der Waals surface area contributed by atoms with E-state index in [-0.39, 0.29) is 35.9 Å². The van der Waals surface area contributed by atoms with E-state index in [0.29, 0.717) is 6.29 Å². The molecule has 0 atom stereocenters. The number of nitrogens with zero attached hydrogens (tertiary/aromatic N) is 1. The lowest BCUT2D eigenvalue weighted by molar-refractivity contribution is -0.140. The molecule has 122 valence electrons. The molecule has 0 saturated heterocycles. The first-order valence-corrected chi connectivity index (χ1v) is 6.53. The Morgan fingerprint density at radius 1 is 1.26 bits per heavy atom. The Morgan fingerprint density at radius 3 is 2.57 bits per heavy atom. The van der Waals surface area contributed by atoms with Crippen molar-refractivity contribution in [2.45, 2.75) is 0 Å². The number of esters is 2. The van der Waals surface area contributed by atoms with Crippen LogP contribution in [0.25, 0.3) is 0 Å². The molecule has 0 bridgehead atoms. The first-order valence-electron chi connectivity index (χ1n) is 6.53. The van der Waals surface area contributed by atoms with Gasteiger partial charge in [0.15, 0.2) is 6.29 Å². The lowest BCUT2D eigenvalue weighted by Crippen LogP contribution is -2.39. The van der Waals surface area contributed by atoms with Gasteiger partial charge >= 0.3 is 11.9 Å². The molecule has 1 aliphatic rings. The van der Waals surface area contributed by atoms with Crippen LogP contribution in [0.3, 0.4) is 0 Å². The van der Waals surface area contributed by atoms with Gasteiger partial charge in [0.1, 0.15) is 18.2 Å². The van der Waals surface area contributed by atoms with Crippen molar-refractivity contribution in [1.82, 2.24) is 0 Å². The second-order valence-corrected chi connectivity index (χ2v) is 4.54. The molecule has 8 heteroatoms. The number of methoxy groups -OCH3 is 2. The van der Waals surface area contributed by atoms with Crippen LogP contribution in [0.1, 0.15) is 10.4 Å². The van der Waals surface area contributed by atoms with E-state index in [4.69, 9.17) is 9.47 Å². The maximum Gasteiger partial charge on any atom is 0.355 e. The third kappa shape index (κ3) is 3.21. The Balaban J connectivity index is 2.62. The summed E-state index contributed by atoms with van der Waals surface area (Å²) in [6.07, 6.45) is 0.444. The van der Waals surface area contributed by atoms with Gasteiger partial charge in [-0.25, -0.2) is 14.0 Å². The van der Waals surface area contributed by atoms with Crippen molar-refractivity contribution >= 4 is 23.9 Å². The molecule has 0 amide bonds. The lowest BCUT2D eigenvalue weighted by Gasteiger charge is -2.31. The summed E-state index contributed by atoms with van der Waals surface area (Å²) < 4.78 is 27.9.